The van der Waals surface area contributed by atoms with Crippen LogP contribution in [0.1, 0.15) is 47.0 Å². The lowest BCUT2D eigenvalue weighted by molar-refractivity contribution is 0.0365. The number of β-amino-alcohol motifs (C(OH)–C–C–N with tert-alkyl or cyclic N) is 1. The van der Waals surface area contributed by atoms with Gasteiger partial charge in [-0.3, -0.25) is 0 Å². The minimum absolute atomic E-state index is 0.494. The van der Waals surface area contributed by atoms with Gasteiger partial charge >= 0.3 is 0 Å². The zero-order chi connectivity index (χ0) is 10.8. The SMILES string of the molecule is CC(C)(O)CN1CCCC(C)(C)CC1. The molecular weight excluding hydrogens is 174 g/mol. The van der Waals surface area contributed by atoms with Crippen molar-refractivity contribution in [1.29, 1.82) is 0 Å². The van der Waals surface area contributed by atoms with Gasteiger partial charge < -0.3 is 10.0 Å². The van der Waals surface area contributed by atoms with Gasteiger partial charge in [0.05, 0.1) is 5.60 Å². The van der Waals surface area contributed by atoms with Crippen molar-refractivity contribution in [1.82, 2.24) is 4.90 Å². The number of rotatable bonds is 2. The molecule has 1 aliphatic heterocycles. The molecule has 1 fully saturated rings. The van der Waals surface area contributed by atoms with Crippen LogP contribution in [-0.4, -0.2) is 35.2 Å². The lowest BCUT2D eigenvalue weighted by atomic mass is 9.85. The van der Waals surface area contributed by atoms with Crippen LogP contribution in [0.15, 0.2) is 0 Å². The number of nitrogens with zero attached hydrogens (tertiary/aromatic N) is 1. The molecular formula is C12H25NO. The first-order chi connectivity index (χ1) is 6.29. The van der Waals surface area contributed by atoms with Gasteiger partial charge in [0.2, 0.25) is 0 Å². The third-order valence-corrected chi connectivity index (χ3v) is 3.04. The van der Waals surface area contributed by atoms with Crippen molar-refractivity contribution in [2.45, 2.75) is 52.6 Å². The zero-order valence-corrected chi connectivity index (χ0v) is 10.1. The third-order valence-electron chi connectivity index (χ3n) is 3.04. The van der Waals surface area contributed by atoms with E-state index in [0.29, 0.717) is 5.41 Å². The monoisotopic (exact) mass is 199 g/mol. The average molecular weight is 199 g/mol. The van der Waals surface area contributed by atoms with E-state index in [9.17, 15) is 5.11 Å². The number of likely N-dealkylation sites (tertiary alicyclic amines) is 1. The molecule has 0 spiro atoms. The highest BCUT2D eigenvalue weighted by Gasteiger charge is 2.25. The molecule has 0 aromatic rings. The molecule has 0 unspecified atom stereocenters. The Balaban J connectivity index is 2.43. The molecule has 0 amide bonds. The molecule has 0 radical (unpaired) electrons. The summed E-state index contributed by atoms with van der Waals surface area (Å²) in [5.41, 5.74) is -0.0527. The molecule has 2 heteroatoms. The summed E-state index contributed by atoms with van der Waals surface area (Å²) in [5.74, 6) is 0. The van der Waals surface area contributed by atoms with E-state index in [1.165, 1.54) is 19.3 Å². The topological polar surface area (TPSA) is 23.5 Å². The average Bonchev–Trinajstić information content (AvgIpc) is 2.10. The van der Waals surface area contributed by atoms with Crippen molar-refractivity contribution in [3.05, 3.63) is 0 Å². The Labute approximate surface area is 88.3 Å². The quantitative estimate of drug-likeness (QED) is 0.737. The lowest BCUT2D eigenvalue weighted by Gasteiger charge is -2.28. The van der Waals surface area contributed by atoms with Gasteiger partial charge in [-0.1, -0.05) is 13.8 Å². The largest absolute Gasteiger partial charge is 0.389 e. The first-order valence-electron chi connectivity index (χ1n) is 5.73. The van der Waals surface area contributed by atoms with E-state index in [1.54, 1.807) is 0 Å². The van der Waals surface area contributed by atoms with Crippen LogP contribution in [0.4, 0.5) is 0 Å². The molecule has 0 atom stereocenters. The molecule has 1 aliphatic rings. The second kappa shape index (κ2) is 4.19. The Hall–Kier alpha value is -0.0800. The molecule has 0 saturated carbocycles. The van der Waals surface area contributed by atoms with Gasteiger partial charge in [0.15, 0.2) is 0 Å². The molecule has 14 heavy (non-hydrogen) atoms. The maximum atomic E-state index is 9.75. The third kappa shape index (κ3) is 4.43. The summed E-state index contributed by atoms with van der Waals surface area (Å²) < 4.78 is 0. The lowest BCUT2D eigenvalue weighted by Crippen LogP contribution is -2.39. The molecule has 0 aromatic heterocycles. The fourth-order valence-corrected chi connectivity index (χ4v) is 2.18. The van der Waals surface area contributed by atoms with Crippen molar-refractivity contribution >= 4 is 0 Å². The predicted molar refractivity (Wildman–Crippen MR) is 60.4 cm³/mol. The molecule has 1 N–H and O–H groups in total. The van der Waals surface area contributed by atoms with Crippen molar-refractivity contribution in [3.63, 3.8) is 0 Å². The molecule has 1 heterocycles. The van der Waals surface area contributed by atoms with Gasteiger partial charge in [-0.05, 0) is 51.6 Å². The van der Waals surface area contributed by atoms with Gasteiger partial charge in [0.25, 0.3) is 0 Å². The van der Waals surface area contributed by atoms with Crippen LogP contribution in [-0.2, 0) is 0 Å². The first-order valence-corrected chi connectivity index (χ1v) is 5.73. The summed E-state index contributed by atoms with van der Waals surface area (Å²) in [4.78, 5) is 2.40. The van der Waals surface area contributed by atoms with Crippen LogP contribution in [0.25, 0.3) is 0 Å². The minimum Gasteiger partial charge on any atom is -0.389 e. The molecule has 1 rings (SSSR count). The summed E-state index contributed by atoms with van der Waals surface area (Å²) in [7, 11) is 0. The second-order valence-corrected chi connectivity index (χ2v) is 6.11. The zero-order valence-electron chi connectivity index (χ0n) is 10.1. The van der Waals surface area contributed by atoms with Crippen LogP contribution in [0, 0.1) is 5.41 Å². The van der Waals surface area contributed by atoms with Crippen molar-refractivity contribution < 1.29 is 5.11 Å². The maximum Gasteiger partial charge on any atom is 0.0718 e. The van der Waals surface area contributed by atoms with Crippen LogP contribution in [0.5, 0.6) is 0 Å². The summed E-state index contributed by atoms with van der Waals surface area (Å²) in [5, 5.41) is 9.75. The molecule has 0 aliphatic carbocycles. The molecule has 84 valence electrons. The molecule has 2 nitrogen and oxygen atoms in total. The van der Waals surface area contributed by atoms with Gasteiger partial charge in [0, 0.05) is 6.54 Å². The Morgan fingerprint density at radius 2 is 1.86 bits per heavy atom. The Morgan fingerprint density at radius 3 is 2.43 bits per heavy atom. The summed E-state index contributed by atoms with van der Waals surface area (Å²) >= 11 is 0. The van der Waals surface area contributed by atoms with E-state index < -0.39 is 5.60 Å². The van der Waals surface area contributed by atoms with Gasteiger partial charge in [-0.25, -0.2) is 0 Å². The molecule has 0 aromatic carbocycles. The van der Waals surface area contributed by atoms with E-state index in [4.69, 9.17) is 0 Å². The summed E-state index contributed by atoms with van der Waals surface area (Å²) in [6, 6.07) is 0. The fraction of sp³-hybridized carbons (Fsp3) is 1.00. The van der Waals surface area contributed by atoms with Gasteiger partial charge in [0.1, 0.15) is 0 Å². The normalized spacial score (nSPS) is 24.6. The number of hydrogen-bond acceptors (Lipinski definition) is 2. The van der Waals surface area contributed by atoms with Crippen molar-refractivity contribution in [2.24, 2.45) is 5.41 Å². The highest BCUT2D eigenvalue weighted by Crippen LogP contribution is 2.30. The van der Waals surface area contributed by atoms with Crippen molar-refractivity contribution in [3.8, 4) is 0 Å². The van der Waals surface area contributed by atoms with Gasteiger partial charge in [-0.15, -0.1) is 0 Å². The number of hydrogen-bond donors (Lipinski definition) is 1. The van der Waals surface area contributed by atoms with E-state index in [0.717, 1.165) is 19.6 Å². The fourth-order valence-electron chi connectivity index (χ4n) is 2.18. The van der Waals surface area contributed by atoms with E-state index >= 15 is 0 Å². The maximum absolute atomic E-state index is 9.75. The van der Waals surface area contributed by atoms with Crippen LogP contribution >= 0.6 is 0 Å². The Kier molecular flexibility index (Phi) is 3.59. The van der Waals surface area contributed by atoms with Crippen LogP contribution in [0.2, 0.25) is 0 Å². The first kappa shape index (κ1) is 12.0. The smallest absolute Gasteiger partial charge is 0.0718 e. The predicted octanol–water partition coefficient (Wildman–Crippen LogP) is 2.27. The summed E-state index contributed by atoms with van der Waals surface area (Å²) in [6.45, 7) is 11.6. The standard InChI is InChI=1S/C12H25NO/c1-11(2)6-5-8-13(9-7-11)10-12(3,4)14/h14H,5-10H2,1-4H3. The highest BCUT2D eigenvalue weighted by molar-refractivity contribution is 4.79. The van der Waals surface area contributed by atoms with Crippen LogP contribution in [0.3, 0.4) is 0 Å². The van der Waals surface area contributed by atoms with Gasteiger partial charge in [-0.2, -0.15) is 0 Å². The Bertz CT molecular complexity index is 181. The Morgan fingerprint density at radius 1 is 1.21 bits per heavy atom. The van der Waals surface area contributed by atoms with E-state index in [1.807, 2.05) is 13.8 Å². The van der Waals surface area contributed by atoms with Crippen LogP contribution < -0.4 is 0 Å². The minimum atomic E-state index is -0.547. The van der Waals surface area contributed by atoms with E-state index in [-0.39, 0.29) is 0 Å². The molecule has 1 saturated heterocycles. The number of aliphatic hydroxyl groups is 1. The molecule has 0 bridgehead atoms. The highest BCUT2D eigenvalue weighted by atomic mass is 16.3. The van der Waals surface area contributed by atoms with Crippen molar-refractivity contribution in [2.75, 3.05) is 19.6 Å². The summed E-state index contributed by atoms with van der Waals surface area (Å²) in [6.07, 6.45) is 3.83. The second-order valence-electron chi connectivity index (χ2n) is 6.11. The van der Waals surface area contributed by atoms with E-state index in [2.05, 4.69) is 18.7 Å².